The fourth-order valence-corrected chi connectivity index (χ4v) is 2.06. The van der Waals surface area contributed by atoms with Gasteiger partial charge in [-0.1, -0.05) is 35.9 Å². The summed E-state index contributed by atoms with van der Waals surface area (Å²) in [4.78, 5) is 11.7. The van der Waals surface area contributed by atoms with Crippen molar-refractivity contribution in [1.82, 2.24) is 0 Å². The van der Waals surface area contributed by atoms with E-state index in [0.29, 0.717) is 23.7 Å². The first-order chi connectivity index (χ1) is 10.1. The molecule has 0 heterocycles. The lowest BCUT2D eigenvalue weighted by atomic mass is 10.1. The number of carbonyl (C=O) groups excluding carboxylic acids is 1. The molecule has 2 rings (SSSR count). The number of amides is 1. The summed E-state index contributed by atoms with van der Waals surface area (Å²) in [6.07, 6.45) is 0.678. The average Bonchev–Trinajstić information content (AvgIpc) is 2.45. The molecule has 21 heavy (non-hydrogen) atoms. The normalized spacial score (nSPS) is 10.3. The first kappa shape index (κ1) is 15.4. The second-order valence-corrected chi connectivity index (χ2v) is 5.00. The second kappa shape index (κ2) is 7.67. The first-order valence-electron chi connectivity index (χ1n) is 6.61. The summed E-state index contributed by atoms with van der Waals surface area (Å²) in [6.45, 7) is 0.441. The molecule has 5 heteroatoms. The van der Waals surface area contributed by atoms with Gasteiger partial charge in [-0.2, -0.15) is 0 Å². The number of carbonyl (C=O) groups is 1. The van der Waals surface area contributed by atoms with Crippen molar-refractivity contribution in [2.24, 2.45) is 0 Å². The van der Waals surface area contributed by atoms with Gasteiger partial charge in [0.1, 0.15) is 6.61 Å². The van der Waals surface area contributed by atoms with Crippen LogP contribution in [0.5, 0.6) is 0 Å². The number of benzene rings is 2. The molecule has 0 saturated carbocycles. The molecule has 0 fully saturated rings. The van der Waals surface area contributed by atoms with Gasteiger partial charge in [-0.15, -0.1) is 0 Å². The maximum atomic E-state index is 11.7. The Hall–Kier alpha value is -2.04. The van der Waals surface area contributed by atoms with Crippen molar-refractivity contribution in [3.63, 3.8) is 0 Å². The minimum atomic E-state index is -0.210. The van der Waals surface area contributed by atoms with Crippen LogP contribution in [0.15, 0.2) is 48.5 Å². The zero-order chi connectivity index (χ0) is 15.1. The van der Waals surface area contributed by atoms with Gasteiger partial charge in [0, 0.05) is 16.4 Å². The predicted molar refractivity (Wildman–Crippen MR) is 85.5 cm³/mol. The third kappa shape index (κ3) is 5.10. The molecule has 0 spiro atoms. The van der Waals surface area contributed by atoms with E-state index < -0.39 is 0 Å². The largest absolute Gasteiger partial charge is 0.399 e. The maximum Gasteiger partial charge on any atom is 0.250 e. The van der Waals surface area contributed by atoms with E-state index in [1.54, 1.807) is 24.3 Å². The van der Waals surface area contributed by atoms with Crippen LogP contribution in [0.2, 0.25) is 5.02 Å². The van der Waals surface area contributed by atoms with Crippen molar-refractivity contribution in [1.29, 1.82) is 0 Å². The summed E-state index contributed by atoms with van der Waals surface area (Å²) < 4.78 is 5.36. The van der Waals surface area contributed by atoms with Gasteiger partial charge >= 0.3 is 0 Å². The second-order valence-electron chi connectivity index (χ2n) is 4.56. The molecule has 0 unspecified atom stereocenters. The fraction of sp³-hybridized carbons (Fsp3) is 0.188. The highest BCUT2D eigenvalue weighted by Gasteiger charge is 2.04. The van der Waals surface area contributed by atoms with Crippen LogP contribution >= 0.6 is 11.6 Å². The molecule has 0 atom stereocenters. The van der Waals surface area contributed by atoms with Gasteiger partial charge < -0.3 is 15.8 Å². The number of ether oxygens (including phenoxy) is 1. The lowest BCUT2D eigenvalue weighted by Gasteiger charge is -2.08. The minimum absolute atomic E-state index is 0.000742. The molecule has 0 aromatic heterocycles. The minimum Gasteiger partial charge on any atom is -0.399 e. The van der Waals surface area contributed by atoms with Crippen molar-refractivity contribution in [3.8, 4) is 0 Å². The van der Waals surface area contributed by atoms with E-state index >= 15 is 0 Å². The van der Waals surface area contributed by atoms with Gasteiger partial charge in [0.05, 0.1) is 6.61 Å². The Morgan fingerprint density at radius 2 is 2.00 bits per heavy atom. The number of rotatable bonds is 6. The standard InChI is InChI=1S/C16H17ClN2O2/c17-13-5-3-6-14(10-13)19-16(20)11-21-9-8-12-4-1-2-7-15(12)18/h1-7,10H,8-9,11,18H2,(H,19,20). The molecular formula is C16H17ClN2O2. The third-order valence-electron chi connectivity index (χ3n) is 2.91. The summed E-state index contributed by atoms with van der Waals surface area (Å²) in [5.74, 6) is -0.210. The van der Waals surface area contributed by atoms with Crippen LogP contribution in [-0.2, 0) is 16.0 Å². The Morgan fingerprint density at radius 1 is 1.19 bits per heavy atom. The van der Waals surface area contributed by atoms with Crippen molar-refractivity contribution in [3.05, 3.63) is 59.1 Å². The predicted octanol–water partition coefficient (Wildman–Crippen LogP) is 3.12. The fourth-order valence-electron chi connectivity index (χ4n) is 1.87. The van der Waals surface area contributed by atoms with Gasteiger partial charge in [0.15, 0.2) is 0 Å². The quantitative estimate of drug-likeness (QED) is 0.636. The summed E-state index contributed by atoms with van der Waals surface area (Å²) >= 11 is 5.84. The number of anilines is 2. The number of nitrogens with one attached hydrogen (secondary N) is 1. The van der Waals surface area contributed by atoms with E-state index in [9.17, 15) is 4.79 Å². The van der Waals surface area contributed by atoms with Gasteiger partial charge in [0.25, 0.3) is 0 Å². The van der Waals surface area contributed by atoms with Crippen LogP contribution in [0.25, 0.3) is 0 Å². The number of nitrogens with two attached hydrogens (primary N) is 1. The molecule has 2 aromatic rings. The Morgan fingerprint density at radius 3 is 2.76 bits per heavy atom. The van der Waals surface area contributed by atoms with Crippen LogP contribution in [0, 0.1) is 0 Å². The Labute approximate surface area is 128 Å². The van der Waals surface area contributed by atoms with E-state index in [1.165, 1.54) is 0 Å². The van der Waals surface area contributed by atoms with Crippen LogP contribution in [0.3, 0.4) is 0 Å². The highest BCUT2D eigenvalue weighted by Crippen LogP contribution is 2.14. The van der Waals surface area contributed by atoms with E-state index in [0.717, 1.165) is 11.3 Å². The number of hydrogen-bond donors (Lipinski definition) is 2. The topological polar surface area (TPSA) is 64.3 Å². The number of halogens is 1. The van der Waals surface area contributed by atoms with Gasteiger partial charge in [-0.05, 0) is 36.2 Å². The Balaban J connectivity index is 1.71. The van der Waals surface area contributed by atoms with E-state index in [-0.39, 0.29) is 12.5 Å². The Bertz CT molecular complexity index is 617. The molecular weight excluding hydrogens is 288 g/mol. The van der Waals surface area contributed by atoms with Crippen LogP contribution in [0.1, 0.15) is 5.56 Å². The first-order valence-corrected chi connectivity index (χ1v) is 6.99. The molecule has 0 saturated heterocycles. The number of para-hydroxylation sites is 1. The van der Waals surface area contributed by atoms with E-state index in [2.05, 4.69) is 5.32 Å². The van der Waals surface area contributed by atoms with Crippen LogP contribution < -0.4 is 11.1 Å². The maximum absolute atomic E-state index is 11.7. The van der Waals surface area contributed by atoms with Gasteiger partial charge in [-0.25, -0.2) is 0 Å². The molecule has 0 radical (unpaired) electrons. The number of nitrogen functional groups attached to an aromatic ring is 1. The molecule has 2 aromatic carbocycles. The van der Waals surface area contributed by atoms with Crippen molar-refractivity contribution in [2.45, 2.75) is 6.42 Å². The zero-order valence-electron chi connectivity index (χ0n) is 11.5. The molecule has 0 aliphatic rings. The zero-order valence-corrected chi connectivity index (χ0v) is 12.3. The summed E-state index contributed by atoms with van der Waals surface area (Å²) in [6, 6.07) is 14.6. The molecule has 0 bridgehead atoms. The van der Waals surface area contributed by atoms with Crippen molar-refractivity contribution in [2.75, 3.05) is 24.3 Å². The molecule has 0 aliphatic carbocycles. The van der Waals surface area contributed by atoms with Crippen molar-refractivity contribution >= 4 is 28.9 Å². The lowest BCUT2D eigenvalue weighted by molar-refractivity contribution is -0.120. The smallest absolute Gasteiger partial charge is 0.250 e. The molecule has 110 valence electrons. The van der Waals surface area contributed by atoms with Gasteiger partial charge in [-0.3, -0.25) is 4.79 Å². The van der Waals surface area contributed by atoms with E-state index in [4.69, 9.17) is 22.1 Å². The lowest BCUT2D eigenvalue weighted by Crippen LogP contribution is -2.19. The van der Waals surface area contributed by atoms with Crippen LogP contribution in [0.4, 0.5) is 11.4 Å². The monoisotopic (exact) mass is 304 g/mol. The van der Waals surface area contributed by atoms with Crippen molar-refractivity contribution < 1.29 is 9.53 Å². The highest BCUT2D eigenvalue weighted by molar-refractivity contribution is 6.30. The number of hydrogen-bond acceptors (Lipinski definition) is 3. The summed E-state index contributed by atoms with van der Waals surface area (Å²) in [5, 5.41) is 3.30. The SMILES string of the molecule is Nc1ccccc1CCOCC(=O)Nc1cccc(Cl)c1. The average molecular weight is 305 g/mol. The third-order valence-corrected chi connectivity index (χ3v) is 3.15. The summed E-state index contributed by atoms with van der Waals surface area (Å²) in [7, 11) is 0. The van der Waals surface area contributed by atoms with Crippen LogP contribution in [-0.4, -0.2) is 19.1 Å². The molecule has 1 amide bonds. The van der Waals surface area contributed by atoms with E-state index in [1.807, 2.05) is 24.3 Å². The highest BCUT2D eigenvalue weighted by atomic mass is 35.5. The summed E-state index contributed by atoms with van der Waals surface area (Å²) in [5.41, 5.74) is 8.25. The molecule has 0 aliphatic heterocycles. The Kier molecular flexibility index (Phi) is 5.60. The van der Waals surface area contributed by atoms with Gasteiger partial charge in [0.2, 0.25) is 5.91 Å². The molecule has 3 N–H and O–H groups in total. The molecule has 4 nitrogen and oxygen atoms in total.